The highest BCUT2D eigenvalue weighted by atomic mass is 16.5. The second-order valence-corrected chi connectivity index (χ2v) is 3.88. The monoisotopic (exact) mass is 220 g/mol. The Morgan fingerprint density at radius 3 is 2.69 bits per heavy atom. The number of aryl methyl sites for hydroxylation is 2. The number of hydrogen-bond donors (Lipinski definition) is 1. The van der Waals surface area contributed by atoms with Crippen LogP contribution < -0.4 is 5.73 Å². The number of aromatic nitrogens is 3. The topological polar surface area (TPSA) is 69.9 Å². The van der Waals surface area contributed by atoms with Crippen molar-refractivity contribution in [3.05, 3.63) is 28.9 Å². The number of anilines is 1. The summed E-state index contributed by atoms with van der Waals surface area (Å²) < 4.78 is 7.05. The first-order valence-corrected chi connectivity index (χ1v) is 5.35. The Labute approximate surface area is 94.2 Å². The number of rotatable bonds is 3. The molecular weight excluding hydrogens is 204 g/mol. The summed E-state index contributed by atoms with van der Waals surface area (Å²) >= 11 is 0. The minimum absolute atomic E-state index is 0.580. The van der Waals surface area contributed by atoms with Gasteiger partial charge in [0.05, 0.1) is 22.8 Å². The summed E-state index contributed by atoms with van der Waals surface area (Å²) in [6.07, 6.45) is 0.878. The van der Waals surface area contributed by atoms with Crippen LogP contribution in [0.5, 0.6) is 0 Å². The summed E-state index contributed by atoms with van der Waals surface area (Å²) in [5.41, 5.74) is 9.39. The van der Waals surface area contributed by atoms with E-state index in [9.17, 15) is 0 Å². The summed E-state index contributed by atoms with van der Waals surface area (Å²) in [5, 5.41) is 8.29. The van der Waals surface area contributed by atoms with Crippen LogP contribution in [-0.2, 0) is 13.0 Å². The Kier molecular flexibility index (Phi) is 2.68. The van der Waals surface area contributed by atoms with Gasteiger partial charge in [0.25, 0.3) is 0 Å². The molecule has 0 aromatic carbocycles. The Bertz CT molecular complexity index is 498. The van der Waals surface area contributed by atoms with Gasteiger partial charge in [-0.1, -0.05) is 12.1 Å². The highest BCUT2D eigenvalue weighted by molar-refractivity contribution is 5.46. The van der Waals surface area contributed by atoms with E-state index in [1.54, 1.807) is 0 Å². The van der Waals surface area contributed by atoms with Crippen molar-refractivity contribution in [1.82, 2.24) is 14.9 Å². The first-order valence-electron chi connectivity index (χ1n) is 5.35. The first-order chi connectivity index (χ1) is 7.61. The zero-order chi connectivity index (χ0) is 11.7. The van der Waals surface area contributed by atoms with E-state index >= 15 is 0 Å². The SMILES string of the molecule is CCc1cc(Cn2nc(C)c(N)c2C)on1. The lowest BCUT2D eigenvalue weighted by molar-refractivity contribution is 0.365. The van der Waals surface area contributed by atoms with Gasteiger partial charge in [-0.25, -0.2) is 0 Å². The standard InChI is InChI=1S/C11H16N4O/c1-4-9-5-10(16-14-9)6-15-8(3)11(12)7(2)13-15/h5H,4,6,12H2,1-3H3. The molecule has 0 fully saturated rings. The van der Waals surface area contributed by atoms with Crippen molar-refractivity contribution < 1.29 is 4.52 Å². The molecule has 0 aliphatic carbocycles. The van der Waals surface area contributed by atoms with Crippen molar-refractivity contribution in [3.63, 3.8) is 0 Å². The average molecular weight is 220 g/mol. The minimum atomic E-state index is 0.580. The lowest BCUT2D eigenvalue weighted by Gasteiger charge is -2.00. The van der Waals surface area contributed by atoms with Crippen molar-refractivity contribution in [1.29, 1.82) is 0 Å². The fourth-order valence-corrected chi connectivity index (χ4v) is 1.61. The number of nitrogens with zero attached hydrogens (tertiary/aromatic N) is 3. The molecule has 0 saturated heterocycles. The van der Waals surface area contributed by atoms with Crippen LogP contribution in [0.1, 0.15) is 29.8 Å². The molecule has 2 heterocycles. The third-order valence-electron chi connectivity index (χ3n) is 2.71. The second kappa shape index (κ2) is 4.00. The normalized spacial score (nSPS) is 10.9. The van der Waals surface area contributed by atoms with Gasteiger partial charge in [0.2, 0.25) is 0 Å². The molecule has 86 valence electrons. The average Bonchev–Trinajstić information content (AvgIpc) is 2.81. The Hall–Kier alpha value is -1.78. The van der Waals surface area contributed by atoms with Crippen LogP contribution in [0.25, 0.3) is 0 Å². The van der Waals surface area contributed by atoms with Crippen molar-refractivity contribution in [2.75, 3.05) is 5.73 Å². The molecule has 0 aliphatic heterocycles. The molecule has 2 aromatic heterocycles. The molecule has 2 aromatic rings. The first kappa shape index (κ1) is 10.7. The molecule has 0 radical (unpaired) electrons. The van der Waals surface area contributed by atoms with E-state index < -0.39 is 0 Å². The van der Waals surface area contributed by atoms with Gasteiger partial charge in [-0.15, -0.1) is 0 Å². The molecule has 0 spiro atoms. The second-order valence-electron chi connectivity index (χ2n) is 3.88. The number of nitrogens with two attached hydrogens (primary N) is 1. The van der Waals surface area contributed by atoms with E-state index in [-0.39, 0.29) is 0 Å². The lowest BCUT2D eigenvalue weighted by Crippen LogP contribution is -2.03. The summed E-state index contributed by atoms with van der Waals surface area (Å²) in [4.78, 5) is 0. The van der Waals surface area contributed by atoms with Gasteiger partial charge in [-0.3, -0.25) is 4.68 Å². The van der Waals surface area contributed by atoms with Crippen LogP contribution in [0.2, 0.25) is 0 Å². The lowest BCUT2D eigenvalue weighted by atomic mass is 10.3. The minimum Gasteiger partial charge on any atom is -0.396 e. The molecule has 0 amide bonds. The van der Waals surface area contributed by atoms with E-state index in [2.05, 4.69) is 10.3 Å². The van der Waals surface area contributed by atoms with Crippen LogP contribution >= 0.6 is 0 Å². The van der Waals surface area contributed by atoms with E-state index in [1.807, 2.05) is 31.5 Å². The molecule has 2 N–H and O–H groups in total. The molecule has 5 heteroatoms. The smallest absolute Gasteiger partial charge is 0.158 e. The van der Waals surface area contributed by atoms with Crippen molar-refractivity contribution in [2.45, 2.75) is 33.7 Å². The van der Waals surface area contributed by atoms with Gasteiger partial charge in [-0.05, 0) is 20.3 Å². The molecule has 16 heavy (non-hydrogen) atoms. The number of hydrogen-bond acceptors (Lipinski definition) is 4. The molecule has 2 rings (SSSR count). The molecule has 5 nitrogen and oxygen atoms in total. The van der Waals surface area contributed by atoms with E-state index in [4.69, 9.17) is 10.3 Å². The number of nitrogen functional groups attached to an aromatic ring is 1. The fourth-order valence-electron chi connectivity index (χ4n) is 1.61. The molecular formula is C11H16N4O. The quantitative estimate of drug-likeness (QED) is 0.854. The van der Waals surface area contributed by atoms with Crippen LogP contribution in [0, 0.1) is 13.8 Å². The highest BCUT2D eigenvalue weighted by Gasteiger charge is 2.10. The Balaban J connectivity index is 2.23. The molecule has 0 saturated carbocycles. The summed E-state index contributed by atoms with van der Waals surface area (Å²) in [6, 6.07) is 1.95. The van der Waals surface area contributed by atoms with Crippen LogP contribution in [0.3, 0.4) is 0 Å². The van der Waals surface area contributed by atoms with Gasteiger partial charge in [-0.2, -0.15) is 5.10 Å². The van der Waals surface area contributed by atoms with Gasteiger partial charge >= 0.3 is 0 Å². The summed E-state index contributed by atoms with van der Waals surface area (Å²) in [6.45, 7) is 6.48. The van der Waals surface area contributed by atoms with Crippen molar-refractivity contribution in [2.24, 2.45) is 0 Å². The Morgan fingerprint density at radius 2 is 2.19 bits per heavy atom. The van der Waals surface area contributed by atoms with Crippen LogP contribution in [0.4, 0.5) is 5.69 Å². The molecule has 0 bridgehead atoms. The van der Waals surface area contributed by atoms with Gasteiger partial charge < -0.3 is 10.3 Å². The molecule has 0 aliphatic rings. The zero-order valence-corrected chi connectivity index (χ0v) is 9.82. The Morgan fingerprint density at radius 1 is 1.44 bits per heavy atom. The molecule has 0 unspecified atom stereocenters. The zero-order valence-electron chi connectivity index (χ0n) is 9.82. The third kappa shape index (κ3) is 1.80. The van der Waals surface area contributed by atoms with Crippen LogP contribution in [0.15, 0.2) is 10.6 Å². The van der Waals surface area contributed by atoms with Gasteiger partial charge in [0, 0.05) is 6.07 Å². The van der Waals surface area contributed by atoms with E-state index in [1.165, 1.54) is 0 Å². The highest BCUT2D eigenvalue weighted by Crippen LogP contribution is 2.16. The van der Waals surface area contributed by atoms with Gasteiger partial charge in [0.15, 0.2) is 5.76 Å². The maximum atomic E-state index is 5.86. The van der Waals surface area contributed by atoms with Crippen molar-refractivity contribution >= 4 is 5.69 Å². The van der Waals surface area contributed by atoms with E-state index in [0.29, 0.717) is 6.54 Å². The van der Waals surface area contributed by atoms with Gasteiger partial charge in [0.1, 0.15) is 6.54 Å². The predicted molar refractivity (Wildman–Crippen MR) is 61.1 cm³/mol. The largest absolute Gasteiger partial charge is 0.396 e. The summed E-state index contributed by atoms with van der Waals surface area (Å²) in [5.74, 6) is 0.808. The van der Waals surface area contributed by atoms with Crippen LogP contribution in [-0.4, -0.2) is 14.9 Å². The molecule has 0 atom stereocenters. The maximum Gasteiger partial charge on any atom is 0.158 e. The van der Waals surface area contributed by atoms with Crippen molar-refractivity contribution in [3.8, 4) is 0 Å². The fraction of sp³-hybridized carbons (Fsp3) is 0.455. The summed E-state index contributed by atoms with van der Waals surface area (Å²) in [7, 11) is 0. The van der Waals surface area contributed by atoms with E-state index in [0.717, 1.165) is 35.0 Å². The maximum absolute atomic E-state index is 5.86. The third-order valence-corrected chi connectivity index (χ3v) is 2.71. The predicted octanol–water partition coefficient (Wildman–Crippen LogP) is 1.68.